The fourth-order valence-electron chi connectivity index (χ4n) is 2.84. The lowest BCUT2D eigenvalue weighted by molar-refractivity contribution is 0.168. The third-order valence-corrected chi connectivity index (χ3v) is 4.67. The molecule has 2 rings (SSSR count). The van der Waals surface area contributed by atoms with Crippen LogP contribution < -0.4 is 5.32 Å². The first-order valence-corrected chi connectivity index (χ1v) is 7.04. The van der Waals surface area contributed by atoms with E-state index in [2.05, 4.69) is 55.7 Å². The normalized spacial score (nSPS) is 25.6. The zero-order valence-electron chi connectivity index (χ0n) is 12.5. The lowest BCUT2D eigenvalue weighted by Crippen LogP contribution is -2.45. The quantitative estimate of drug-likeness (QED) is 0.886. The van der Waals surface area contributed by atoms with E-state index in [1.54, 1.807) is 0 Å². The Balaban J connectivity index is 1.90. The molecule has 0 bridgehead atoms. The summed E-state index contributed by atoms with van der Waals surface area (Å²) < 4.78 is 2.27. The van der Waals surface area contributed by atoms with Crippen molar-refractivity contribution in [2.45, 2.75) is 52.2 Å². The van der Waals surface area contributed by atoms with Gasteiger partial charge in [0.15, 0.2) is 0 Å². The molecule has 1 aromatic heterocycles. The average Bonchev–Trinajstić information content (AvgIpc) is 2.58. The Kier molecular flexibility index (Phi) is 4.13. The topological polar surface area (TPSA) is 20.2 Å². The number of piperidine rings is 1. The number of likely N-dealkylation sites (tertiary alicyclic amines) is 1. The first-order chi connectivity index (χ1) is 8.49. The first kappa shape index (κ1) is 13.6. The molecule has 1 saturated heterocycles. The number of aromatic nitrogens is 1. The SMILES string of the molecule is Cc1cc(CNC2CCN(C)C(C)C2)c(C)n1C. The first-order valence-electron chi connectivity index (χ1n) is 7.04. The molecule has 0 spiro atoms. The van der Waals surface area contributed by atoms with Crippen molar-refractivity contribution in [1.82, 2.24) is 14.8 Å². The predicted octanol–water partition coefficient (Wildman–Crippen LogP) is 2.21. The molecule has 3 nitrogen and oxygen atoms in total. The van der Waals surface area contributed by atoms with Crippen molar-refractivity contribution in [3.63, 3.8) is 0 Å². The summed E-state index contributed by atoms with van der Waals surface area (Å²) in [5.74, 6) is 0. The molecule has 3 heteroatoms. The third-order valence-electron chi connectivity index (χ3n) is 4.67. The molecular formula is C15H27N3. The van der Waals surface area contributed by atoms with Crippen LogP contribution in [0.4, 0.5) is 0 Å². The molecule has 0 radical (unpaired) electrons. The summed E-state index contributed by atoms with van der Waals surface area (Å²) in [6.07, 6.45) is 2.53. The molecule has 18 heavy (non-hydrogen) atoms. The summed E-state index contributed by atoms with van der Waals surface area (Å²) >= 11 is 0. The standard InChI is InChI=1S/C15H27N3/c1-11-9-15(6-7-17(11)4)16-10-14-8-12(2)18(5)13(14)3/h8,11,15-16H,6-7,9-10H2,1-5H3. The van der Waals surface area contributed by atoms with Gasteiger partial charge in [-0.25, -0.2) is 0 Å². The summed E-state index contributed by atoms with van der Waals surface area (Å²) in [5.41, 5.74) is 4.18. The highest BCUT2D eigenvalue weighted by molar-refractivity contribution is 5.26. The fraction of sp³-hybridized carbons (Fsp3) is 0.733. The van der Waals surface area contributed by atoms with Crippen molar-refractivity contribution < 1.29 is 0 Å². The second-order valence-corrected chi connectivity index (χ2v) is 5.89. The Labute approximate surface area is 111 Å². The van der Waals surface area contributed by atoms with E-state index >= 15 is 0 Å². The number of nitrogens with one attached hydrogen (secondary N) is 1. The molecule has 1 fully saturated rings. The van der Waals surface area contributed by atoms with E-state index < -0.39 is 0 Å². The molecule has 102 valence electrons. The Hall–Kier alpha value is -0.800. The van der Waals surface area contributed by atoms with Crippen molar-refractivity contribution in [1.29, 1.82) is 0 Å². The van der Waals surface area contributed by atoms with E-state index in [4.69, 9.17) is 0 Å². The van der Waals surface area contributed by atoms with Gasteiger partial charge in [-0.3, -0.25) is 0 Å². The van der Waals surface area contributed by atoms with Gasteiger partial charge in [-0.05, 0) is 58.8 Å². The maximum absolute atomic E-state index is 3.73. The van der Waals surface area contributed by atoms with Crippen molar-refractivity contribution in [2.24, 2.45) is 7.05 Å². The maximum atomic E-state index is 3.73. The van der Waals surface area contributed by atoms with Gasteiger partial charge in [0.25, 0.3) is 0 Å². The van der Waals surface area contributed by atoms with Crippen molar-refractivity contribution in [2.75, 3.05) is 13.6 Å². The number of aryl methyl sites for hydroxylation is 1. The molecular weight excluding hydrogens is 222 g/mol. The van der Waals surface area contributed by atoms with Crippen LogP contribution >= 0.6 is 0 Å². The summed E-state index contributed by atoms with van der Waals surface area (Å²) in [4.78, 5) is 2.45. The minimum Gasteiger partial charge on any atom is -0.352 e. The Morgan fingerprint density at radius 3 is 2.61 bits per heavy atom. The smallest absolute Gasteiger partial charge is 0.0225 e. The Bertz CT molecular complexity index is 408. The predicted molar refractivity (Wildman–Crippen MR) is 76.8 cm³/mol. The van der Waals surface area contributed by atoms with Crippen LogP contribution in [0.3, 0.4) is 0 Å². The van der Waals surface area contributed by atoms with E-state index in [0.29, 0.717) is 12.1 Å². The minimum atomic E-state index is 0.677. The highest BCUT2D eigenvalue weighted by Crippen LogP contribution is 2.17. The molecule has 1 N–H and O–H groups in total. The van der Waals surface area contributed by atoms with Crippen molar-refractivity contribution in [3.05, 3.63) is 23.0 Å². The lowest BCUT2D eigenvalue weighted by atomic mass is 9.99. The van der Waals surface area contributed by atoms with Gasteiger partial charge in [0.1, 0.15) is 0 Å². The minimum absolute atomic E-state index is 0.677. The van der Waals surface area contributed by atoms with Crippen LogP contribution in [0.5, 0.6) is 0 Å². The van der Waals surface area contributed by atoms with Crippen LogP contribution in [0.2, 0.25) is 0 Å². The molecule has 0 aromatic carbocycles. The summed E-state index contributed by atoms with van der Waals surface area (Å²) in [6.45, 7) is 8.93. The van der Waals surface area contributed by atoms with Gasteiger partial charge < -0.3 is 14.8 Å². The number of nitrogens with zero attached hydrogens (tertiary/aromatic N) is 2. The van der Waals surface area contributed by atoms with E-state index in [9.17, 15) is 0 Å². The van der Waals surface area contributed by atoms with Gasteiger partial charge in [0, 0.05) is 37.1 Å². The van der Waals surface area contributed by atoms with Crippen LogP contribution in [-0.2, 0) is 13.6 Å². The van der Waals surface area contributed by atoms with Crippen molar-refractivity contribution >= 4 is 0 Å². The van der Waals surface area contributed by atoms with Gasteiger partial charge in [-0.2, -0.15) is 0 Å². The zero-order valence-corrected chi connectivity index (χ0v) is 12.5. The van der Waals surface area contributed by atoms with E-state index in [1.807, 2.05) is 0 Å². The molecule has 0 amide bonds. The van der Waals surface area contributed by atoms with Gasteiger partial charge in [-0.1, -0.05) is 0 Å². The highest BCUT2D eigenvalue weighted by atomic mass is 15.1. The van der Waals surface area contributed by atoms with Crippen LogP contribution in [0.25, 0.3) is 0 Å². The maximum Gasteiger partial charge on any atom is 0.0225 e. The molecule has 1 aliphatic heterocycles. The van der Waals surface area contributed by atoms with Crippen LogP contribution in [0.1, 0.15) is 36.7 Å². The Morgan fingerprint density at radius 1 is 1.33 bits per heavy atom. The van der Waals surface area contributed by atoms with Gasteiger partial charge in [0.2, 0.25) is 0 Å². The van der Waals surface area contributed by atoms with Gasteiger partial charge in [0.05, 0.1) is 0 Å². The third kappa shape index (κ3) is 2.78. The summed E-state index contributed by atoms with van der Waals surface area (Å²) in [7, 11) is 4.37. The summed E-state index contributed by atoms with van der Waals surface area (Å²) in [6, 6.07) is 3.69. The molecule has 0 aliphatic carbocycles. The Morgan fingerprint density at radius 2 is 2.06 bits per heavy atom. The molecule has 1 aromatic rings. The fourth-order valence-corrected chi connectivity index (χ4v) is 2.84. The number of hydrogen-bond acceptors (Lipinski definition) is 2. The highest BCUT2D eigenvalue weighted by Gasteiger charge is 2.22. The van der Waals surface area contributed by atoms with Gasteiger partial charge in [-0.15, -0.1) is 0 Å². The zero-order chi connectivity index (χ0) is 13.3. The summed E-state index contributed by atoms with van der Waals surface area (Å²) in [5, 5.41) is 3.73. The molecule has 1 aliphatic rings. The van der Waals surface area contributed by atoms with Gasteiger partial charge >= 0.3 is 0 Å². The van der Waals surface area contributed by atoms with E-state index in [-0.39, 0.29) is 0 Å². The lowest BCUT2D eigenvalue weighted by Gasteiger charge is -2.35. The molecule has 2 heterocycles. The van der Waals surface area contributed by atoms with Crippen LogP contribution in [-0.4, -0.2) is 35.1 Å². The van der Waals surface area contributed by atoms with E-state index in [1.165, 1.54) is 36.3 Å². The number of rotatable bonds is 3. The number of hydrogen-bond donors (Lipinski definition) is 1. The van der Waals surface area contributed by atoms with Crippen LogP contribution in [0, 0.1) is 13.8 Å². The molecule has 2 unspecified atom stereocenters. The second-order valence-electron chi connectivity index (χ2n) is 5.89. The molecule has 2 atom stereocenters. The average molecular weight is 249 g/mol. The largest absolute Gasteiger partial charge is 0.352 e. The molecule has 0 saturated carbocycles. The van der Waals surface area contributed by atoms with E-state index in [0.717, 1.165) is 6.54 Å². The second kappa shape index (κ2) is 5.45. The van der Waals surface area contributed by atoms with Crippen molar-refractivity contribution in [3.8, 4) is 0 Å². The van der Waals surface area contributed by atoms with Crippen LogP contribution in [0.15, 0.2) is 6.07 Å². The monoisotopic (exact) mass is 249 g/mol.